The van der Waals surface area contributed by atoms with Crippen molar-refractivity contribution in [1.82, 2.24) is 14.9 Å². The minimum atomic E-state index is -0.514. The van der Waals surface area contributed by atoms with E-state index in [4.69, 9.17) is 11.6 Å². The van der Waals surface area contributed by atoms with Gasteiger partial charge in [0.2, 0.25) is 0 Å². The third kappa shape index (κ3) is 3.00. The fraction of sp³-hybridized carbons (Fsp3) is 0.250. The molecule has 5 nitrogen and oxygen atoms in total. The number of amides is 1. The highest BCUT2D eigenvalue weighted by atomic mass is 35.5. The third-order valence-corrected chi connectivity index (χ3v) is 4.86. The lowest BCUT2D eigenvalue weighted by molar-refractivity contribution is 0.0933. The number of hydrogen-bond donors (Lipinski definition) is 1. The molecule has 3 aromatic rings. The predicted octanol–water partition coefficient (Wildman–Crippen LogP) is 4.01. The number of rotatable bonds is 2. The maximum absolute atomic E-state index is 13.7. The van der Waals surface area contributed by atoms with E-state index in [-0.39, 0.29) is 22.8 Å². The number of carbonyl (C=O) groups excluding carboxylic acids is 1. The van der Waals surface area contributed by atoms with Crippen molar-refractivity contribution in [3.8, 4) is 5.69 Å². The van der Waals surface area contributed by atoms with Crippen molar-refractivity contribution in [3.05, 3.63) is 69.0 Å². The summed E-state index contributed by atoms with van der Waals surface area (Å²) in [6.45, 7) is 4.06. The van der Waals surface area contributed by atoms with Gasteiger partial charge in [0.25, 0.3) is 11.5 Å². The second kappa shape index (κ2) is 6.46. The van der Waals surface area contributed by atoms with Gasteiger partial charge in [0.15, 0.2) is 0 Å². The van der Waals surface area contributed by atoms with Gasteiger partial charge in [-0.25, -0.2) is 9.37 Å². The summed E-state index contributed by atoms with van der Waals surface area (Å²) < 4.78 is 15.1. The van der Waals surface area contributed by atoms with E-state index in [0.717, 1.165) is 0 Å². The Labute approximate surface area is 159 Å². The molecule has 1 aliphatic rings. The zero-order valence-corrected chi connectivity index (χ0v) is 15.5. The summed E-state index contributed by atoms with van der Waals surface area (Å²) in [6.07, 6.45) is 0.604. The van der Waals surface area contributed by atoms with Gasteiger partial charge in [-0.2, -0.15) is 0 Å². The Balaban J connectivity index is 2.11. The summed E-state index contributed by atoms with van der Waals surface area (Å²) in [5.74, 6) is -0.144. The van der Waals surface area contributed by atoms with E-state index in [1.165, 1.54) is 28.8 Å². The Bertz CT molecular complexity index is 1140. The fourth-order valence-corrected chi connectivity index (χ4v) is 3.64. The van der Waals surface area contributed by atoms with Crippen LogP contribution in [0.2, 0.25) is 5.02 Å². The molecule has 0 saturated carbocycles. The molecule has 0 radical (unpaired) electrons. The molecule has 2 aromatic carbocycles. The first kappa shape index (κ1) is 17.7. The van der Waals surface area contributed by atoms with Crippen LogP contribution in [0.3, 0.4) is 0 Å². The quantitative estimate of drug-likeness (QED) is 0.725. The smallest absolute Gasteiger partial charge is 0.266 e. The maximum Gasteiger partial charge on any atom is 0.266 e. The molecular formula is C20H17ClFN3O2. The van der Waals surface area contributed by atoms with E-state index >= 15 is 0 Å². The Hall–Kier alpha value is -2.73. The molecule has 0 aliphatic carbocycles. The number of hydrogen-bond acceptors (Lipinski definition) is 3. The molecule has 1 amide bonds. The van der Waals surface area contributed by atoms with Crippen molar-refractivity contribution in [2.45, 2.75) is 26.3 Å². The molecule has 27 heavy (non-hydrogen) atoms. The van der Waals surface area contributed by atoms with Crippen LogP contribution in [0, 0.1) is 11.7 Å². The van der Waals surface area contributed by atoms with Crippen LogP contribution in [0.1, 0.15) is 42.5 Å². The molecule has 1 unspecified atom stereocenters. The molecule has 1 N–H and O–H groups in total. The molecule has 138 valence electrons. The molecule has 4 rings (SSSR count). The Morgan fingerprint density at radius 1 is 1.22 bits per heavy atom. The SMILES string of the molecule is CC(C)CC1NC(=O)c2cc(Cl)ccc2-n2c1nc1ccc(F)cc1c2=O. The maximum atomic E-state index is 13.7. The standard InChI is InChI=1S/C20H17ClFN3O2/c1-10(2)7-16-18-23-15-5-4-12(22)9-13(15)20(27)25(18)17-6-3-11(21)8-14(17)19(26)24-16/h3-6,8-10,16H,7H2,1-2H3,(H,24,26). The summed E-state index contributed by atoms with van der Waals surface area (Å²) in [5.41, 5.74) is 0.660. The van der Waals surface area contributed by atoms with Crippen LogP contribution in [-0.4, -0.2) is 15.5 Å². The Kier molecular flexibility index (Phi) is 4.23. The number of nitrogens with zero attached hydrogens (tertiary/aromatic N) is 2. The van der Waals surface area contributed by atoms with E-state index in [1.807, 2.05) is 13.8 Å². The van der Waals surface area contributed by atoms with Crippen LogP contribution >= 0.6 is 11.6 Å². The summed E-state index contributed by atoms with van der Waals surface area (Å²) in [5, 5.41) is 3.51. The lowest BCUT2D eigenvalue weighted by atomic mass is 10.0. The number of benzene rings is 2. The Morgan fingerprint density at radius 3 is 2.74 bits per heavy atom. The van der Waals surface area contributed by atoms with Gasteiger partial charge < -0.3 is 5.32 Å². The highest BCUT2D eigenvalue weighted by molar-refractivity contribution is 6.31. The molecule has 1 aliphatic heterocycles. The van der Waals surface area contributed by atoms with Crippen LogP contribution in [0.4, 0.5) is 4.39 Å². The first-order chi connectivity index (χ1) is 12.8. The summed E-state index contributed by atoms with van der Waals surface area (Å²) >= 11 is 6.07. The normalized spacial score (nSPS) is 16.0. The number of nitrogens with one attached hydrogen (secondary N) is 1. The van der Waals surface area contributed by atoms with E-state index in [2.05, 4.69) is 10.3 Å². The van der Waals surface area contributed by atoms with Gasteiger partial charge in [-0.3, -0.25) is 14.2 Å². The van der Waals surface area contributed by atoms with Gasteiger partial charge in [0.1, 0.15) is 11.6 Å². The van der Waals surface area contributed by atoms with Gasteiger partial charge in [0.05, 0.1) is 28.2 Å². The molecule has 0 bridgehead atoms. The first-order valence-electron chi connectivity index (χ1n) is 8.68. The largest absolute Gasteiger partial charge is 0.342 e. The van der Waals surface area contributed by atoms with E-state index in [1.54, 1.807) is 12.1 Å². The van der Waals surface area contributed by atoms with Crippen LogP contribution < -0.4 is 10.9 Å². The average molecular weight is 386 g/mol. The van der Waals surface area contributed by atoms with E-state index in [9.17, 15) is 14.0 Å². The average Bonchev–Trinajstić information content (AvgIpc) is 2.71. The van der Waals surface area contributed by atoms with Crippen molar-refractivity contribution >= 4 is 28.4 Å². The molecule has 7 heteroatoms. The van der Waals surface area contributed by atoms with Crippen molar-refractivity contribution in [3.63, 3.8) is 0 Å². The van der Waals surface area contributed by atoms with Gasteiger partial charge in [-0.1, -0.05) is 25.4 Å². The first-order valence-corrected chi connectivity index (χ1v) is 9.06. The van der Waals surface area contributed by atoms with Gasteiger partial charge in [-0.05, 0) is 48.7 Å². The zero-order valence-electron chi connectivity index (χ0n) is 14.8. The van der Waals surface area contributed by atoms with Gasteiger partial charge in [0, 0.05) is 5.02 Å². The fourth-order valence-electron chi connectivity index (χ4n) is 3.46. The number of aromatic nitrogens is 2. The summed E-state index contributed by atoms with van der Waals surface area (Å²) in [4.78, 5) is 30.7. The molecular weight excluding hydrogens is 369 g/mol. The highest BCUT2D eigenvalue weighted by Gasteiger charge is 2.30. The molecule has 1 atom stereocenters. The van der Waals surface area contributed by atoms with Crippen molar-refractivity contribution in [2.24, 2.45) is 5.92 Å². The lowest BCUT2D eigenvalue weighted by Gasteiger charge is -2.20. The Morgan fingerprint density at radius 2 is 2.00 bits per heavy atom. The van der Waals surface area contributed by atoms with Crippen LogP contribution in [0.5, 0.6) is 0 Å². The zero-order chi connectivity index (χ0) is 19.3. The minimum Gasteiger partial charge on any atom is -0.342 e. The highest BCUT2D eigenvalue weighted by Crippen LogP contribution is 2.29. The number of carbonyl (C=O) groups is 1. The topological polar surface area (TPSA) is 64.0 Å². The molecule has 2 heterocycles. The van der Waals surface area contributed by atoms with Crippen molar-refractivity contribution < 1.29 is 9.18 Å². The monoisotopic (exact) mass is 385 g/mol. The molecule has 1 aromatic heterocycles. The molecule has 0 saturated heterocycles. The molecule has 0 spiro atoms. The second-order valence-corrected chi connectivity index (χ2v) is 7.53. The second-order valence-electron chi connectivity index (χ2n) is 7.09. The third-order valence-electron chi connectivity index (χ3n) is 4.62. The molecule has 0 fully saturated rings. The summed E-state index contributed by atoms with van der Waals surface area (Å²) in [7, 11) is 0. The van der Waals surface area contributed by atoms with E-state index in [0.29, 0.717) is 28.5 Å². The summed E-state index contributed by atoms with van der Waals surface area (Å²) in [6, 6.07) is 8.23. The van der Waals surface area contributed by atoms with Crippen LogP contribution in [0.15, 0.2) is 41.2 Å². The minimum absolute atomic E-state index is 0.164. The van der Waals surface area contributed by atoms with Crippen LogP contribution in [-0.2, 0) is 0 Å². The number of halogens is 2. The van der Waals surface area contributed by atoms with Gasteiger partial charge in [-0.15, -0.1) is 0 Å². The van der Waals surface area contributed by atoms with Crippen molar-refractivity contribution in [1.29, 1.82) is 0 Å². The van der Waals surface area contributed by atoms with Crippen molar-refractivity contribution in [2.75, 3.05) is 0 Å². The van der Waals surface area contributed by atoms with Gasteiger partial charge >= 0.3 is 0 Å². The van der Waals surface area contributed by atoms with Crippen LogP contribution in [0.25, 0.3) is 16.6 Å². The van der Waals surface area contributed by atoms with E-state index < -0.39 is 17.4 Å². The number of fused-ring (bicyclic) bond motifs is 4. The predicted molar refractivity (Wildman–Crippen MR) is 102 cm³/mol. The lowest BCUT2D eigenvalue weighted by Crippen LogP contribution is -2.31.